The van der Waals surface area contributed by atoms with Crippen LogP contribution < -0.4 is 5.32 Å². The minimum absolute atomic E-state index is 0.592. The number of nitrogens with one attached hydrogen (secondary N) is 1. The summed E-state index contributed by atoms with van der Waals surface area (Å²) in [4.78, 5) is 0. The lowest BCUT2D eigenvalue weighted by Gasteiger charge is -2.32. The van der Waals surface area contributed by atoms with Crippen molar-refractivity contribution in [2.45, 2.75) is 123 Å². The van der Waals surface area contributed by atoms with Crippen LogP contribution in [0.5, 0.6) is 0 Å². The lowest BCUT2D eigenvalue weighted by atomic mass is 9.72. The average molecular weight is 438 g/mol. The molecule has 0 spiro atoms. The molecule has 2 aliphatic carbocycles. The van der Waals surface area contributed by atoms with Gasteiger partial charge in [0.05, 0.1) is 0 Å². The Morgan fingerprint density at radius 2 is 1.34 bits per heavy atom. The van der Waals surface area contributed by atoms with E-state index in [1.54, 1.807) is 0 Å². The van der Waals surface area contributed by atoms with Gasteiger partial charge in [0.15, 0.2) is 0 Å². The summed E-state index contributed by atoms with van der Waals surface area (Å²) in [6.45, 7) is 6.92. The molecule has 4 unspecified atom stereocenters. The van der Waals surface area contributed by atoms with Gasteiger partial charge in [0, 0.05) is 30.2 Å². The molecule has 32 heavy (non-hydrogen) atoms. The normalized spacial score (nSPS) is 32.9. The van der Waals surface area contributed by atoms with E-state index in [9.17, 15) is 0 Å². The molecule has 0 aromatic heterocycles. The Bertz CT molecular complexity index is 614. The van der Waals surface area contributed by atoms with Crippen molar-refractivity contribution in [3.05, 3.63) is 0 Å². The first-order valence-electron chi connectivity index (χ1n) is 14.5. The second-order valence-electron chi connectivity index (χ2n) is 11.2. The number of hydrogen-bond acceptors (Lipinski definition) is 1. The van der Waals surface area contributed by atoms with Gasteiger partial charge in [-0.05, 0) is 82.6 Å². The molecular weight excluding hydrogens is 386 g/mol. The fourth-order valence-corrected chi connectivity index (χ4v) is 6.27. The molecule has 0 bridgehead atoms. The van der Waals surface area contributed by atoms with Crippen molar-refractivity contribution in [2.24, 2.45) is 35.5 Å². The highest BCUT2D eigenvalue weighted by atomic mass is 14.9. The molecule has 4 atom stereocenters. The van der Waals surface area contributed by atoms with E-state index in [1.165, 1.54) is 116 Å². The Labute approximate surface area is 200 Å². The molecule has 1 heterocycles. The van der Waals surface area contributed by atoms with Crippen molar-refractivity contribution in [3.63, 3.8) is 0 Å². The summed E-state index contributed by atoms with van der Waals surface area (Å²) in [6.07, 6.45) is 23.2. The monoisotopic (exact) mass is 437 g/mol. The van der Waals surface area contributed by atoms with Crippen LogP contribution in [0.2, 0.25) is 0 Å². The Kier molecular flexibility index (Phi) is 12.1. The van der Waals surface area contributed by atoms with E-state index in [2.05, 4.69) is 42.8 Å². The maximum atomic E-state index is 3.80. The van der Waals surface area contributed by atoms with E-state index in [4.69, 9.17) is 0 Å². The molecule has 3 rings (SSSR count). The molecule has 1 N–H and O–H groups in total. The fraction of sp³-hybridized carbons (Fsp3) is 0.871. The van der Waals surface area contributed by atoms with Crippen molar-refractivity contribution in [2.75, 3.05) is 13.1 Å². The molecular formula is C31H51N. The molecule has 1 nitrogen and oxygen atoms in total. The van der Waals surface area contributed by atoms with Gasteiger partial charge in [0.2, 0.25) is 0 Å². The Hall–Kier alpha value is -0.920. The molecule has 2 saturated carbocycles. The van der Waals surface area contributed by atoms with E-state index in [0.717, 1.165) is 18.4 Å². The molecule has 0 aromatic rings. The highest BCUT2D eigenvalue weighted by molar-refractivity contribution is 5.14. The van der Waals surface area contributed by atoms with Crippen LogP contribution in [0.1, 0.15) is 123 Å². The number of hydrogen-bond donors (Lipinski definition) is 1. The highest BCUT2D eigenvalue weighted by Crippen LogP contribution is 2.37. The van der Waals surface area contributed by atoms with Gasteiger partial charge in [-0.2, -0.15) is 0 Å². The second-order valence-corrected chi connectivity index (χ2v) is 11.2. The van der Waals surface area contributed by atoms with Gasteiger partial charge in [-0.3, -0.25) is 0 Å². The zero-order valence-electron chi connectivity index (χ0n) is 21.4. The summed E-state index contributed by atoms with van der Waals surface area (Å²) in [5, 5.41) is 3.53. The first-order chi connectivity index (χ1) is 15.8. The van der Waals surface area contributed by atoms with E-state index >= 15 is 0 Å². The van der Waals surface area contributed by atoms with E-state index in [1.807, 2.05) is 0 Å². The summed E-state index contributed by atoms with van der Waals surface area (Å²) in [7, 11) is 0. The number of piperidine rings is 1. The summed E-state index contributed by atoms with van der Waals surface area (Å²) >= 11 is 0. The van der Waals surface area contributed by atoms with Crippen molar-refractivity contribution in [3.8, 4) is 23.7 Å². The molecule has 1 aliphatic heterocycles. The topological polar surface area (TPSA) is 12.0 Å². The maximum absolute atomic E-state index is 3.80. The van der Waals surface area contributed by atoms with Crippen molar-refractivity contribution < 1.29 is 0 Å². The van der Waals surface area contributed by atoms with Crippen LogP contribution in [-0.4, -0.2) is 13.1 Å². The molecule has 180 valence electrons. The van der Waals surface area contributed by atoms with Gasteiger partial charge in [-0.25, -0.2) is 0 Å². The van der Waals surface area contributed by atoms with Gasteiger partial charge in [-0.15, -0.1) is 0 Å². The number of unbranched alkanes of at least 4 members (excludes halogenated alkanes) is 4. The fourth-order valence-electron chi connectivity index (χ4n) is 6.27. The Balaban J connectivity index is 1.47. The standard InChI is InChI=1S/C31H51N/c1-3-5-7-10-26-13-15-27(16-14-26)17-18-28-19-21-30(31(24-28)12-8-6-4-2)22-20-29-11-9-23-32-25-29/h26-32H,3-16,19,21,23-25H2,1-2H3. The molecule has 3 aliphatic rings. The smallest absolute Gasteiger partial charge is 0.0328 e. The predicted molar refractivity (Wildman–Crippen MR) is 139 cm³/mol. The van der Waals surface area contributed by atoms with Crippen LogP contribution in [0.15, 0.2) is 0 Å². The first kappa shape index (κ1) is 25.7. The van der Waals surface area contributed by atoms with Crippen LogP contribution >= 0.6 is 0 Å². The molecule has 0 radical (unpaired) electrons. The molecule has 0 amide bonds. The highest BCUT2D eigenvalue weighted by Gasteiger charge is 2.29. The average Bonchev–Trinajstić information content (AvgIpc) is 2.84. The lowest BCUT2D eigenvalue weighted by molar-refractivity contribution is 0.235. The summed E-state index contributed by atoms with van der Waals surface area (Å²) in [5.41, 5.74) is 0. The predicted octanol–water partition coefficient (Wildman–Crippen LogP) is 7.99. The van der Waals surface area contributed by atoms with E-state index in [-0.39, 0.29) is 0 Å². The third-order valence-corrected chi connectivity index (χ3v) is 8.48. The molecule has 3 fully saturated rings. The minimum atomic E-state index is 0.592. The third kappa shape index (κ3) is 9.14. The zero-order valence-corrected chi connectivity index (χ0v) is 21.4. The largest absolute Gasteiger partial charge is 0.316 e. The third-order valence-electron chi connectivity index (χ3n) is 8.48. The molecule has 1 heteroatoms. The first-order valence-corrected chi connectivity index (χ1v) is 14.5. The van der Waals surface area contributed by atoms with E-state index in [0.29, 0.717) is 23.7 Å². The number of rotatable bonds is 8. The summed E-state index contributed by atoms with van der Waals surface area (Å²) in [5.74, 6) is 19.4. The molecule has 0 aromatic carbocycles. The van der Waals surface area contributed by atoms with Crippen LogP contribution in [0.25, 0.3) is 0 Å². The zero-order chi connectivity index (χ0) is 22.4. The summed E-state index contributed by atoms with van der Waals surface area (Å²) < 4.78 is 0. The van der Waals surface area contributed by atoms with Gasteiger partial charge >= 0.3 is 0 Å². The Morgan fingerprint density at radius 1 is 0.656 bits per heavy atom. The van der Waals surface area contributed by atoms with Crippen LogP contribution in [0.3, 0.4) is 0 Å². The minimum Gasteiger partial charge on any atom is -0.316 e. The molecule has 1 saturated heterocycles. The lowest BCUT2D eigenvalue weighted by Crippen LogP contribution is -2.29. The maximum Gasteiger partial charge on any atom is 0.0328 e. The SMILES string of the molecule is CCCCCC1CCC(C#CC2CCC(C#CC3CCCNC3)C(CCCCC)C2)CC1. The van der Waals surface area contributed by atoms with Crippen LogP contribution in [-0.2, 0) is 0 Å². The van der Waals surface area contributed by atoms with Gasteiger partial charge < -0.3 is 5.32 Å². The quantitative estimate of drug-likeness (QED) is 0.300. The van der Waals surface area contributed by atoms with Gasteiger partial charge in [0.25, 0.3) is 0 Å². The van der Waals surface area contributed by atoms with Crippen molar-refractivity contribution >= 4 is 0 Å². The Morgan fingerprint density at radius 3 is 2.06 bits per heavy atom. The van der Waals surface area contributed by atoms with E-state index < -0.39 is 0 Å². The van der Waals surface area contributed by atoms with Gasteiger partial charge in [0.1, 0.15) is 0 Å². The van der Waals surface area contributed by atoms with Crippen molar-refractivity contribution in [1.29, 1.82) is 0 Å². The van der Waals surface area contributed by atoms with Crippen LogP contribution in [0.4, 0.5) is 0 Å². The van der Waals surface area contributed by atoms with Crippen molar-refractivity contribution in [1.82, 2.24) is 5.32 Å². The summed E-state index contributed by atoms with van der Waals surface area (Å²) in [6, 6.07) is 0. The van der Waals surface area contributed by atoms with Crippen LogP contribution in [0, 0.1) is 59.2 Å². The second kappa shape index (κ2) is 15.1. The van der Waals surface area contributed by atoms with Gasteiger partial charge in [-0.1, -0.05) is 82.5 Å².